The van der Waals surface area contributed by atoms with Gasteiger partial charge in [-0.05, 0) is 7.05 Å². The number of hydrogen-bond donors (Lipinski definition) is 1. The number of nitrogens with one attached hydrogen (secondary N) is 1. The zero-order chi connectivity index (χ0) is 16.9. The standard InChI is InChI=1S/C16H24N6O2/c1-21-6-7-24-14(15(21)13-9-18-11-22(13)2)10-17-8-12-16(23-3)20-5-4-19-12/h4-5,9,11,14-15,17H,6-8,10H2,1-3H3/t14-,15-/m0/s1. The predicted octanol–water partition coefficient (Wildman–Crippen LogP) is 0.380. The van der Waals surface area contributed by atoms with Gasteiger partial charge in [-0.3, -0.25) is 9.88 Å². The molecule has 2 atom stereocenters. The number of nitrogens with zero attached hydrogens (tertiary/aromatic N) is 5. The van der Waals surface area contributed by atoms with Gasteiger partial charge in [0.05, 0.1) is 37.9 Å². The second-order valence-corrected chi connectivity index (χ2v) is 5.91. The van der Waals surface area contributed by atoms with Gasteiger partial charge in [0.25, 0.3) is 0 Å². The molecule has 2 aromatic rings. The van der Waals surface area contributed by atoms with E-state index < -0.39 is 0 Å². The second-order valence-electron chi connectivity index (χ2n) is 5.91. The summed E-state index contributed by atoms with van der Waals surface area (Å²) in [6, 6.07) is 0.169. The highest BCUT2D eigenvalue weighted by Crippen LogP contribution is 2.27. The van der Waals surface area contributed by atoms with Crippen LogP contribution < -0.4 is 10.1 Å². The van der Waals surface area contributed by atoms with Crippen molar-refractivity contribution in [3.63, 3.8) is 0 Å². The highest BCUT2D eigenvalue weighted by atomic mass is 16.5. The van der Waals surface area contributed by atoms with Crippen LogP contribution >= 0.6 is 0 Å². The third-order valence-corrected chi connectivity index (χ3v) is 4.33. The Bertz CT molecular complexity index is 662. The molecule has 1 fully saturated rings. The van der Waals surface area contributed by atoms with Gasteiger partial charge in [0.1, 0.15) is 5.69 Å². The lowest BCUT2D eigenvalue weighted by Crippen LogP contribution is -2.48. The number of likely N-dealkylation sites (N-methyl/N-ethyl adjacent to an activating group) is 1. The Kier molecular flexibility index (Phi) is 5.39. The van der Waals surface area contributed by atoms with Gasteiger partial charge in [-0.25, -0.2) is 9.97 Å². The molecule has 0 aromatic carbocycles. The molecule has 24 heavy (non-hydrogen) atoms. The van der Waals surface area contributed by atoms with Crippen LogP contribution in [-0.2, 0) is 18.3 Å². The Morgan fingerprint density at radius 3 is 2.92 bits per heavy atom. The number of ether oxygens (including phenoxy) is 2. The van der Waals surface area contributed by atoms with E-state index in [4.69, 9.17) is 9.47 Å². The molecule has 0 aliphatic carbocycles. The number of imidazole rings is 1. The van der Waals surface area contributed by atoms with Crippen LogP contribution in [0.1, 0.15) is 17.4 Å². The summed E-state index contributed by atoms with van der Waals surface area (Å²) in [6.45, 7) is 2.93. The van der Waals surface area contributed by atoms with Crippen molar-refractivity contribution < 1.29 is 9.47 Å². The summed E-state index contributed by atoms with van der Waals surface area (Å²) in [7, 11) is 5.74. The van der Waals surface area contributed by atoms with Gasteiger partial charge in [0, 0.05) is 45.3 Å². The zero-order valence-corrected chi connectivity index (χ0v) is 14.3. The van der Waals surface area contributed by atoms with Crippen molar-refractivity contribution in [2.24, 2.45) is 7.05 Å². The Labute approximate surface area is 141 Å². The van der Waals surface area contributed by atoms with Gasteiger partial charge in [-0.15, -0.1) is 0 Å². The number of rotatable bonds is 6. The number of methoxy groups -OCH3 is 1. The van der Waals surface area contributed by atoms with Crippen LogP contribution in [0.4, 0.5) is 0 Å². The third-order valence-electron chi connectivity index (χ3n) is 4.33. The second kappa shape index (κ2) is 7.69. The molecule has 2 aromatic heterocycles. The molecule has 1 N–H and O–H groups in total. The smallest absolute Gasteiger partial charge is 0.236 e. The van der Waals surface area contributed by atoms with Crippen LogP contribution in [0, 0.1) is 0 Å². The average molecular weight is 332 g/mol. The van der Waals surface area contributed by atoms with Crippen molar-refractivity contribution in [2.75, 3.05) is 33.9 Å². The van der Waals surface area contributed by atoms with E-state index in [0.717, 1.165) is 24.5 Å². The summed E-state index contributed by atoms with van der Waals surface area (Å²) < 4.78 is 13.3. The molecular weight excluding hydrogens is 308 g/mol. The summed E-state index contributed by atoms with van der Waals surface area (Å²) in [5, 5.41) is 3.41. The zero-order valence-electron chi connectivity index (χ0n) is 14.3. The van der Waals surface area contributed by atoms with Gasteiger partial charge in [0.15, 0.2) is 0 Å². The molecule has 8 nitrogen and oxygen atoms in total. The first-order valence-corrected chi connectivity index (χ1v) is 8.03. The quantitative estimate of drug-likeness (QED) is 0.819. The molecule has 1 saturated heterocycles. The van der Waals surface area contributed by atoms with Crippen molar-refractivity contribution in [1.29, 1.82) is 0 Å². The lowest BCUT2D eigenvalue weighted by molar-refractivity contribution is -0.0636. The minimum atomic E-state index is 0.0433. The summed E-state index contributed by atoms with van der Waals surface area (Å²) in [6.07, 6.45) is 7.08. The Balaban J connectivity index is 1.65. The first-order valence-electron chi connectivity index (χ1n) is 8.03. The molecule has 1 aliphatic heterocycles. The van der Waals surface area contributed by atoms with E-state index in [0.29, 0.717) is 19.0 Å². The highest BCUT2D eigenvalue weighted by Gasteiger charge is 2.33. The van der Waals surface area contributed by atoms with Crippen LogP contribution in [-0.4, -0.2) is 64.4 Å². The van der Waals surface area contributed by atoms with E-state index in [1.54, 1.807) is 19.5 Å². The number of aryl methyl sites for hydroxylation is 1. The van der Waals surface area contributed by atoms with E-state index in [9.17, 15) is 0 Å². The fourth-order valence-electron chi connectivity index (χ4n) is 3.08. The number of aromatic nitrogens is 4. The van der Waals surface area contributed by atoms with E-state index in [2.05, 4.69) is 36.8 Å². The Morgan fingerprint density at radius 2 is 2.17 bits per heavy atom. The molecule has 1 aliphatic rings. The van der Waals surface area contributed by atoms with E-state index in [1.165, 1.54) is 0 Å². The van der Waals surface area contributed by atoms with Gasteiger partial charge in [-0.1, -0.05) is 0 Å². The van der Waals surface area contributed by atoms with Crippen molar-refractivity contribution in [3.05, 3.63) is 36.3 Å². The van der Waals surface area contributed by atoms with Crippen molar-refractivity contribution in [2.45, 2.75) is 18.7 Å². The Morgan fingerprint density at radius 1 is 1.33 bits per heavy atom. The van der Waals surface area contributed by atoms with Gasteiger partial charge < -0.3 is 19.4 Å². The largest absolute Gasteiger partial charge is 0.480 e. The topological polar surface area (TPSA) is 77.3 Å². The minimum Gasteiger partial charge on any atom is -0.480 e. The summed E-state index contributed by atoms with van der Waals surface area (Å²) in [5.41, 5.74) is 1.95. The van der Waals surface area contributed by atoms with Crippen LogP contribution in [0.5, 0.6) is 5.88 Å². The van der Waals surface area contributed by atoms with Crippen LogP contribution in [0.3, 0.4) is 0 Å². The molecule has 130 valence electrons. The molecule has 0 amide bonds. The van der Waals surface area contributed by atoms with E-state index in [1.807, 2.05) is 19.6 Å². The molecule has 0 unspecified atom stereocenters. The maximum absolute atomic E-state index is 6.02. The molecule has 0 bridgehead atoms. The molecule has 0 radical (unpaired) electrons. The maximum Gasteiger partial charge on any atom is 0.236 e. The highest BCUT2D eigenvalue weighted by molar-refractivity contribution is 5.17. The molecule has 0 spiro atoms. The molecular formula is C16H24N6O2. The van der Waals surface area contributed by atoms with E-state index in [-0.39, 0.29) is 12.1 Å². The molecule has 3 rings (SSSR count). The van der Waals surface area contributed by atoms with Crippen LogP contribution in [0.25, 0.3) is 0 Å². The summed E-state index contributed by atoms with van der Waals surface area (Å²) in [4.78, 5) is 15.0. The average Bonchev–Trinajstić information content (AvgIpc) is 3.01. The van der Waals surface area contributed by atoms with Gasteiger partial charge in [-0.2, -0.15) is 0 Å². The molecule has 8 heteroatoms. The van der Waals surface area contributed by atoms with E-state index >= 15 is 0 Å². The fourth-order valence-corrected chi connectivity index (χ4v) is 3.08. The van der Waals surface area contributed by atoms with Crippen LogP contribution in [0.2, 0.25) is 0 Å². The summed E-state index contributed by atoms with van der Waals surface area (Å²) >= 11 is 0. The molecule has 3 heterocycles. The van der Waals surface area contributed by atoms with Crippen molar-refractivity contribution in [3.8, 4) is 5.88 Å². The van der Waals surface area contributed by atoms with Gasteiger partial charge in [0.2, 0.25) is 5.88 Å². The fraction of sp³-hybridized carbons (Fsp3) is 0.562. The molecule has 0 saturated carbocycles. The lowest BCUT2D eigenvalue weighted by atomic mass is 10.0. The van der Waals surface area contributed by atoms with Crippen molar-refractivity contribution in [1.82, 2.24) is 29.7 Å². The first kappa shape index (κ1) is 16.8. The predicted molar refractivity (Wildman–Crippen MR) is 88.6 cm³/mol. The van der Waals surface area contributed by atoms with Gasteiger partial charge >= 0.3 is 0 Å². The lowest BCUT2D eigenvalue weighted by Gasteiger charge is -2.39. The summed E-state index contributed by atoms with van der Waals surface area (Å²) in [5.74, 6) is 0.551. The first-order chi connectivity index (χ1) is 11.7. The SMILES string of the molecule is COc1nccnc1CNC[C@@H]1OCCN(C)[C@H]1c1cncn1C. The minimum absolute atomic E-state index is 0.0433. The third kappa shape index (κ3) is 3.55. The van der Waals surface area contributed by atoms with Crippen LogP contribution in [0.15, 0.2) is 24.9 Å². The van der Waals surface area contributed by atoms with Crippen molar-refractivity contribution >= 4 is 0 Å². The number of morpholine rings is 1. The monoisotopic (exact) mass is 332 g/mol. The normalized spacial score (nSPS) is 21.8. The number of hydrogen-bond acceptors (Lipinski definition) is 7. The Hall–Kier alpha value is -2.03. The maximum atomic E-state index is 6.02.